The molecule has 0 radical (unpaired) electrons. The molecule has 2 aromatic carbocycles. The Morgan fingerprint density at radius 1 is 1.11 bits per heavy atom. The molecule has 2 aromatic rings. The molecule has 0 aliphatic carbocycles. The molecule has 11 heteroatoms. The van der Waals surface area contributed by atoms with Crippen molar-refractivity contribution in [1.82, 2.24) is 5.32 Å². The number of hydrogen-bond donors (Lipinski definition) is 1. The zero-order valence-electron chi connectivity index (χ0n) is 13.4. The van der Waals surface area contributed by atoms with E-state index in [1.165, 1.54) is 18.2 Å². The first kappa shape index (κ1) is 21.3. The maximum Gasteiger partial charge on any atom is 0.446 e. The fraction of sp³-hybridized carbons (Fsp3) is 0.125. The predicted molar refractivity (Wildman–Crippen MR) is 96.0 cm³/mol. The van der Waals surface area contributed by atoms with Crippen molar-refractivity contribution >= 4 is 52.6 Å². The first-order chi connectivity index (χ1) is 12.5. The van der Waals surface area contributed by atoms with Crippen LogP contribution in [0.2, 0.25) is 10.0 Å². The van der Waals surface area contributed by atoms with Gasteiger partial charge in [-0.3, -0.25) is 15.0 Å². The molecule has 2 rings (SSSR count). The summed E-state index contributed by atoms with van der Waals surface area (Å²) in [6.45, 7) is 0. The summed E-state index contributed by atoms with van der Waals surface area (Å²) >= 11 is 11.3. The standard InChI is InChI=1S/C16H10Cl2F4N2O2S/c1-24(12-6-5-8(7-11(12)19)27-16(20,21)22)15(26)23-14(25)13-9(17)3-2-4-10(13)18/h2-7H,1H3,(H,23,25,26). The number of thioether (sulfide) groups is 1. The maximum absolute atomic E-state index is 14.1. The molecule has 0 bridgehead atoms. The summed E-state index contributed by atoms with van der Waals surface area (Å²) in [6.07, 6.45) is 0. The van der Waals surface area contributed by atoms with Gasteiger partial charge in [-0.1, -0.05) is 29.3 Å². The average Bonchev–Trinajstić information content (AvgIpc) is 2.52. The molecule has 0 saturated carbocycles. The summed E-state index contributed by atoms with van der Waals surface area (Å²) in [4.78, 5) is 24.7. The number of urea groups is 1. The van der Waals surface area contributed by atoms with E-state index in [1.807, 2.05) is 5.32 Å². The number of benzene rings is 2. The molecule has 0 heterocycles. The molecule has 3 amide bonds. The number of nitrogens with zero attached hydrogens (tertiary/aromatic N) is 1. The minimum absolute atomic E-state index is 0.00941. The van der Waals surface area contributed by atoms with E-state index in [1.54, 1.807) is 0 Å². The van der Waals surface area contributed by atoms with Crippen molar-refractivity contribution < 1.29 is 27.2 Å². The lowest BCUT2D eigenvalue weighted by atomic mass is 10.2. The lowest BCUT2D eigenvalue weighted by Crippen LogP contribution is -2.41. The normalized spacial score (nSPS) is 11.2. The zero-order valence-corrected chi connectivity index (χ0v) is 15.7. The van der Waals surface area contributed by atoms with Gasteiger partial charge in [0, 0.05) is 11.9 Å². The van der Waals surface area contributed by atoms with Crippen LogP contribution in [0.4, 0.5) is 28.0 Å². The van der Waals surface area contributed by atoms with Crippen LogP contribution in [0.25, 0.3) is 0 Å². The third kappa shape index (κ3) is 5.50. The molecule has 0 saturated heterocycles. The number of rotatable bonds is 3. The average molecular weight is 441 g/mol. The van der Waals surface area contributed by atoms with Gasteiger partial charge in [-0.05, 0) is 42.1 Å². The summed E-state index contributed by atoms with van der Waals surface area (Å²) in [7, 11) is 1.14. The van der Waals surface area contributed by atoms with Crippen LogP contribution in [0, 0.1) is 5.82 Å². The minimum atomic E-state index is -4.57. The minimum Gasteiger partial charge on any atom is -0.294 e. The van der Waals surface area contributed by atoms with E-state index in [0.717, 1.165) is 24.1 Å². The highest BCUT2D eigenvalue weighted by molar-refractivity contribution is 8.00. The van der Waals surface area contributed by atoms with E-state index in [2.05, 4.69) is 0 Å². The van der Waals surface area contributed by atoms with Crippen LogP contribution in [0.1, 0.15) is 10.4 Å². The van der Waals surface area contributed by atoms with Crippen molar-refractivity contribution in [2.75, 3.05) is 11.9 Å². The van der Waals surface area contributed by atoms with Gasteiger partial charge < -0.3 is 0 Å². The van der Waals surface area contributed by atoms with Gasteiger partial charge in [0.25, 0.3) is 5.91 Å². The zero-order chi connectivity index (χ0) is 20.4. The molecule has 4 nitrogen and oxygen atoms in total. The van der Waals surface area contributed by atoms with Gasteiger partial charge in [-0.15, -0.1) is 0 Å². The molecular weight excluding hydrogens is 431 g/mol. The van der Waals surface area contributed by atoms with Gasteiger partial charge in [0.2, 0.25) is 0 Å². The van der Waals surface area contributed by atoms with E-state index in [9.17, 15) is 27.2 Å². The Labute approximate surface area is 165 Å². The van der Waals surface area contributed by atoms with Gasteiger partial charge in [-0.25, -0.2) is 9.18 Å². The van der Waals surface area contributed by atoms with Gasteiger partial charge in [0.1, 0.15) is 5.82 Å². The summed E-state index contributed by atoms with van der Waals surface area (Å²) in [6, 6.07) is 5.92. The number of carbonyl (C=O) groups excluding carboxylic acids is 2. The highest BCUT2D eigenvalue weighted by Gasteiger charge is 2.30. The van der Waals surface area contributed by atoms with E-state index in [4.69, 9.17) is 23.2 Å². The quantitative estimate of drug-likeness (QED) is 0.489. The van der Waals surface area contributed by atoms with Crippen molar-refractivity contribution in [1.29, 1.82) is 0 Å². The molecule has 1 N–H and O–H groups in total. The number of amides is 3. The summed E-state index contributed by atoms with van der Waals surface area (Å²) in [5.41, 5.74) is -5.03. The lowest BCUT2D eigenvalue weighted by molar-refractivity contribution is -0.0328. The molecule has 0 atom stereocenters. The highest BCUT2D eigenvalue weighted by atomic mass is 35.5. The number of imide groups is 1. The van der Waals surface area contributed by atoms with Crippen molar-refractivity contribution in [2.24, 2.45) is 0 Å². The van der Waals surface area contributed by atoms with Crippen molar-refractivity contribution in [2.45, 2.75) is 10.4 Å². The third-order valence-electron chi connectivity index (χ3n) is 3.23. The number of halogens is 6. The molecule has 0 aliphatic heterocycles. The second-order valence-electron chi connectivity index (χ2n) is 5.08. The number of anilines is 1. The Bertz CT molecular complexity index is 873. The van der Waals surface area contributed by atoms with Gasteiger partial charge in [-0.2, -0.15) is 13.2 Å². The molecule has 0 aliphatic rings. The van der Waals surface area contributed by atoms with Gasteiger partial charge in [0.15, 0.2) is 0 Å². The molecule has 27 heavy (non-hydrogen) atoms. The summed E-state index contributed by atoms with van der Waals surface area (Å²) in [5.74, 6) is -1.97. The molecule has 0 unspecified atom stereocenters. The van der Waals surface area contributed by atoms with E-state index in [-0.39, 0.29) is 26.2 Å². The van der Waals surface area contributed by atoms with Gasteiger partial charge in [0.05, 0.1) is 21.3 Å². The Hall–Kier alpha value is -1.97. The van der Waals surface area contributed by atoms with Crippen LogP contribution in [-0.4, -0.2) is 24.5 Å². The van der Waals surface area contributed by atoms with Crippen LogP contribution in [0.15, 0.2) is 41.3 Å². The smallest absolute Gasteiger partial charge is 0.294 e. The molecule has 0 spiro atoms. The second-order valence-corrected chi connectivity index (χ2v) is 7.03. The van der Waals surface area contributed by atoms with Crippen LogP contribution in [0.3, 0.4) is 0 Å². The number of carbonyl (C=O) groups is 2. The monoisotopic (exact) mass is 440 g/mol. The largest absolute Gasteiger partial charge is 0.446 e. The van der Waals surface area contributed by atoms with E-state index < -0.39 is 35.0 Å². The van der Waals surface area contributed by atoms with Crippen molar-refractivity contribution in [3.05, 3.63) is 57.8 Å². The van der Waals surface area contributed by atoms with E-state index in [0.29, 0.717) is 6.07 Å². The number of alkyl halides is 3. The van der Waals surface area contributed by atoms with Crippen LogP contribution < -0.4 is 10.2 Å². The third-order valence-corrected chi connectivity index (χ3v) is 4.58. The second kappa shape index (κ2) is 8.37. The van der Waals surface area contributed by atoms with Crippen LogP contribution in [0.5, 0.6) is 0 Å². The predicted octanol–water partition coefficient (Wildman–Crippen LogP) is 5.73. The topological polar surface area (TPSA) is 49.4 Å². The Morgan fingerprint density at radius 2 is 1.70 bits per heavy atom. The number of hydrogen-bond acceptors (Lipinski definition) is 3. The first-order valence-electron chi connectivity index (χ1n) is 7.08. The van der Waals surface area contributed by atoms with Crippen LogP contribution in [-0.2, 0) is 0 Å². The molecule has 144 valence electrons. The molecular formula is C16H10Cl2F4N2O2S. The fourth-order valence-electron chi connectivity index (χ4n) is 2.02. The lowest BCUT2D eigenvalue weighted by Gasteiger charge is -2.19. The summed E-state index contributed by atoms with van der Waals surface area (Å²) < 4.78 is 51.1. The highest BCUT2D eigenvalue weighted by Crippen LogP contribution is 2.38. The molecule has 0 aromatic heterocycles. The number of nitrogens with one attached hydrogen (secondary N) is 1. The van der Waals surface area contributed by atoms with Crippen molar-refractivity contribution in [3.63, 3.8) is 0 Å². The maximum atomic E-state index is 14.1. The SMILES string of the molecule is CN(C(=O)NC(=O)c1c(Cl)cccc1Cl)c1ccc(SC(F)(F)F)cc1F. The van der Waals surface area contributed by atoms with E-state index >= 15 is 0 Å². The summed E-state index contributed by atoms with van der Waals surface area (Å²) in [5, 5.41) is 2.00. The fourth-order valence-corrected chi connectivity index (χ4v) is 3.16. The molecule has 0 fully saturated rings. The first-order valence-corrected chi connectivity index (χ1v) is 8.65. The van der Waals surface area contributed by atoms with Crippen molar-refractivity contribution in [3.8, 4) is 0 Å². The Kier molecular flexibility index (Phi) is 6.61. The Morgan fingerprint density at radius 3 is 2.22 bits per heavy atom. The Balaban J connectivity index is 2.16. The van der Waals surface area contributed by atoms with Gasteiger partial charge >= 0.3 is 11.5 Å². The van der Waals surface area contributed by atoms with Crippen LogP contribution >= 0.6 is 35.0 Å².